The van der Waals surface area contributed by atoms with E-state index >= 15 is 0 Å². The Morgan fingerprint density at radius 2 is 1.76 bits per heavy atom. The molecule has 0 aliphatic carbocycles. The number of carbonyl (C=O) groups is 2. The van der Waals surface area contributed by atoms with Gasteiger partial charge in [0.15, 0.2) is 12.6 Å². The average Bonchev–Trinajstić information content (AvgIpc) is 2.63. The van der Waals surface area contributed by atoms with Gasteiger partial charge in [0.2, 0.25) is 0 Å². The number of halogens is 1. The highest BCUT2D eigenvalue weighted by Gasteiger charge is 2.27. The maximum atomic E-state index is 13.4. The third kappa shape index (κ3) is 6.12. The number of carbonyl (C=O) groups excluding carboxylic acids is 2. The second-order valence-corrected chi connectivity index (χ2v) is 7.89. The zero-order valence-corrected chi connectivity index (χ0v) is 18.1. The molecule has 2 atom stereocenters. The van der Waals surface area contributed by atoms with Gasteiger partial charge in [0.1, 0.15) is 5.82 Å². The van der Waals surface area contributed by atoms with E-state index in [1.165, 1.54) is 12.1 Å². The maximum absolute atomic E-state index is 13.4. The Labute approximate surface area is 172 Å². The van der Waals surface area contributed by atoms with Crippen LogP contribution in [0.15, 0.2) is 36.4 Å². The minimum absolute atomic E-state index is 0.0951. The highest BCUT2D eigenvalue weighted by Crippen LogP contribution is 2.21. The predicted octanol–water partition coefficient (Wildman–Crippen LogP) is 2.25. The Hall–Kier alpha value is -2.73. The van der Waals surface area contributed by atoms with Crippen LogP contribution in [0.5, 0.6) is 0 Å². The lowest BCUT2D eigenvalue weighted by atomic mass is 10.1. The molecule has 2 rings (SSSR count). The van der Waals surface area contributed by atoms with Crippen molar-refractivity contribution in [1.82, 2.24) is 4.90 Å². The van der Waals surface area contributed by atoms with Crippen molar-refractivity contribution in [3.63, 3.8) is 0 Å². The van der Waals surface area contributed by atoms with Gasteiger partial charge in [-0.3, -0.25) is 9.59 Å². The normalized spacial score (nSPS) is 12.9. The van der Waals surface area contributed by atoms with Crippen LogP contribution >= 0.6 is 0 Å². The lowest BCUT2D eigenvalue weighted by molar-refractivity contribution is -0.886. The minimum Gasteiger partial charge on any atom is -0.336 e. The fourth-order valence-electron chi connectivity index (χ4n) is 3.50. The maximum Gasteiger partial charge on any atom is 0.280 e. The lowest BCUT2D eigenvalue weighted by Gasteiger charge is -2.25. The van der Waals surface area contributed by atoms with Crippen LogP contribution in [0.1, 0.15) is 29.2 Å². The van der Waals surface area contributed by atoms with Crippen LogP contribution in [0, 0.1) is 26.6 Å². The van der Waals surface area contributed by atoms with E-state index < -0.39 is 6.04 Å². The van der Waals surface area contributed by atoms with E-state index in [4.69, 9.17) is 0 Å². The molecule has 0 fully saturated rings. The third-order valence-electron chi connectivity index (χ3n) is 5.18. The molecule has 2 amide bonds. The van der Waals surface area contributed by atoms with Crippen LogP contribution in [0.3, 0.4) is 0 Å². The van der Waals surface area contributed by atoms with Gasteiger partial charge in [0, 0.05) is 19.3 Å². The standard InChI is InChI=1S/C23H30FN3O2/c1-15-10-16(2)22(17(3)11-15)25-21(28)14-26(5)18(4)23(29)27(6)13-19-8-7-9-20(24)12-19/h7-12,18H,13-14H2,1-6H3,(H,25,28)/p+1/t18-/m1/s1. The smallest absolute Gasteiger partial charge is 0.280 e. The highest BCUT2D eigenvalue weighted by atomic mass is 19.1. The summed E-state index contributed by atoms with van der Waals surface area (Å²) in [7, 11) is 3.52. The summed E-state index contributed by atoms with van der Waals surface area (Å²) in [6, 6.07) is 9.88. The second-order valence-electron chi connectivity index (χ2n) is 7.89. The number of aryl methyl sites for hydroxylation is 3. The number of amides is 2. The van der Waals surface area contributed by atoms with Gasteiger partial charge in [0.05, 0.1) is 7.05 Å². The van der Waals surface area contributed by atoms with Gasteiger partial charge < -0.3 is 15.1 Å². The average molecular weight is 401 g/mol. The van der Waals surface area contributed by atoms with E-state index in [1.807, 2.05) is 40.0 Å². The molecule has 0 heterocycles. The monoisotopic (exact) mass is 400 g/mol. The number of anilines is 1. The van der Waals surface area contributed by atoms with Crippen LogP contribution in [-0.2, 0) is 16.1 Å². The quantitative estimate of drug-likeness (QED) is 0.749. The summed E-state index contributed by atoms with van der Waals surface area (Å²) >= 11 is 0. The second kappa shape index (κ2) is 9.65. The first-order chi connectivity index (χ1) is 13.6. The fourth-order valence-corrected chi connectivity index (χ4v) is 3.50. The Kier molecular flexibility index (Phi) is 7.51. The molecule has 5 nitrogen and oxygen atoms in total. The van der Waals surface area contributed by atoms with Gasteiger partial charge in [-0.15, -0.1) is 0 Å². The molecule has 0 saturated carbocycles. The summed E-state index contributed by atoms with van der Waals surface area (Å²) in [4.78, 5) is 27.6. The van der Waals surface area contributed by atoms with Crippen molar-refractivity contribution >= 4 is 17.5 Å². The molecule has 2 aromatic carbocycles. The van der Waals surface area contributed by atoms with Crippen molar-refractivity contribution in [3.8, 4) is 0 Å². The third-order valence-corrected chi connectivity index (χ3v) is 5.18. The first kappa shape index (κ1) is 22.6. The molecule has 6 heteroatoms. The fraction of sp³-hybridized carbons (Fsp3) is 0.391. The number of hydrogen-bond acceptors (Lipinski definition) is 2. The molecule has 2 aromatic rings. The van der Waals surface area contributed by atoms with Gasteiger partial charge in [0.25, 0.3) is 11.8 Å². The molecule has 0 saturated heterocycles. The number of nitrogens with one attached hydrogen (secondary N) is 2. The van der Waals surface area contributed by atoms with Gasteiger partial charge >= 0.3 is 0 Å². The zero-order valence-electron chi connectivity index (χ0n) is 18.1. The molecular formula is C23H31FN3O2+. The number of nitrogens with zero attached hydrogens (tertiary/aromatic N) is 1. The molecular weight excluding hydrogens is 369 g/mol. The SMILES string of the molecule is Cc1cc(C)c(NC(=O)C[NH+](C)[C@H](C)C(=O)N(C)Cc2cccc(F)c2)c(C)c1. The van der Waals surface area contributed by atoms with Crippen molar-refractivity contribution in [2.75, 3.05) is 26.0 Å². The molecule has 0 spiro atoms. The van der Waals surface area contributed by atoms with E-state index in [0.29, 0.717) is 6.54 Å². The van der Waals surface area contributed by atoms with Crippen molar-refractivity contribution in [2.45, 2.75) is 40.3 Å². The molecule has 29 heavy (non-hydrogen) atoms. The Morgan fingerprint density at radius 1 is 1.14 bits per heavy atom. The number of benzene rings is 2. The topological polar surface area (TPSA) is 53.9 Å². The van der Waals surface area contributed by atoms with Crippen LogP contribution in [0.4, 0.5) is 10.1 Å². The van der Waals surface area contributed by atoms with E-state index in [-0.39, 0.29) is 24.2 Å². The van der Waals surface area contributed by atoms with Crippen molar-refractivity contribution < 1.29 is 18.9 Å². The van der Waals surface area contributed by atoms with Crippen LogP contribution in [0.2, 0.25) is 0 Å². The minimum atomic E-state index is -0.403. The summed E-state index contributed by atoms with van der Waals surface area (Å²) in [5.41, 5.74) is 4.76. The largest absolute Gasteiger partial charge is 0.336 e. The van der Waals surface area contributed by atoms with Crippen LogP contribution < -0.4 is 10.2 Å². The van der Waals surface area contributed by atoms with Gasteiger partial charge in [-0.2, -0.15) is 0 Å². The van der Waals surface area contributed by atoms with Gasteiger partial charge in [-0.25, -0.2) is 4.39 Å². The van der Waals surface area contributed by atoms with Gasteiger partial charge in [-0.1, -0.05) is 29.8 Å². The van der Waals surface area contributed by atoms with Crippen LogP contribution in [0.25, 0.3) is 0 Å². The first-order valence-electron chi connectivity index (χ1n) is 9.78. The van der Waals surface area contributed by atoms with E-state index in [9.17, 15) is 14.0 Å². The molecule has 0 bridgehead atoms. The predicted molar refractivity (Wildman–Crippen MR) is 113 cm³/mol. The first-order valence-corrected chi connectivity index (χ1v) is 9.78. The van der Waals surface area contributed by atoms with Crippen molar-refractivity contribution in [3.05, 3.63) is 64.5 Å². The number of likely N-dealkylation sites (N-methyl/N-ethyl adjacent to an activating group) is 2. The van der Waals surface area contributed by atoms with E-state index in [2.05, 4.69) is 5.32 Å². The molecule has 0 aliphatic rings. The number of quaternary nitrogens is 1. The van der Waals surface area contributed by atoms with Gasteiger partial charge in [-0.05, 0) is 56.5 Å². The Bertz CT molecular complexity index is 874. The Morgan fingerprint density at radius 3 is 2.34 bits per heavy atom. The molecule has 2 N–H and O–H groups in total. The highest BCUT2D eigenvalue weighted by molar-refractivity contribution is 5.93. The number of rotatable bonds is 7. The molecule has 0 radical (unpaired) electrons. The summed E-state index contributed by atoms with van der Waals surface area (Å²) in [5, 5.41) is 2.98. The van der Waals surface area contributed by atoms with Crippen molar-refractivity contribution in [2.24, 2.45) is 0 Å². The zero-order chi connectivity index (χ0) is 21.7. The lowest BCUT2D eigenvalue weighted by Crippen LogP contribution is -3.15. The molecule has 0 aromatic heterocycles. The van der Waals surface area contributed by atoms with E-state index in [0.717, 1.165) is 32.8 Å². The summed E-state index contributed by atoms with van der Waals surface area (Å²) < 4.78 is 13.4. The van der Waals surface area contributed by atoms with E-state index in [1.54, 1.807) is 31.0 Å². The summed E-state index contributed by atoms with van der Waals surface area (Å²) in [6.45, 7) is 8.27. The summed E-state index contributed by atoms with van der Waals surface area (Å²) in [5.74, 6) is -0.551. The molecule has 1 unspecified atom stereocenters. The molecule has 0 aliphatic heterocycles. The summed E-state index contributed by atoms with van der Waals surface area (Å²) in [6.07, 6.45) is 0. The molecule has 156 valence electrons. The number of hydrogen-bond donors (Lipinski definition) is 2. The Balaban J connectivity index is 1.96. The van der Waals surface area contributed by atoms with Crippen molar-refractivity contribution in [1.29, 1.82) is 0 Å². The van der Waals surface area contributed by atoms with Crippen LogP contribution in [-0.4, -0.2) is 43.4 Å².